The summed E-state index contributed by atoms with van der Waals surface area (Å²) in [6.45, 7) is 5.41. The van der Waals surface area contributed by atoms with Crippen molar-refractivity contribution in [1.29, 1.82) is 0 Å². The van der Waals surface area contributed by atoms with Gasteiger partial charge in [-0.2, -0.15) is 5.10 Å². The van der Waals surface area contributed by atoms with E-state index >= 15 is 0 Å². The van der Waals surface area contributed by atoms with Crippen molar-refractivity contribution in [2.24, 2.45) is 0 Å². The van der Waals surface area contributed by atoms with Crippen LogP contribution in [-0.4, -0.2) is 16.8 Å². The van der Waals surface area contributed by atoms with Crippen molar-refractivity contribution in [2.45, 2.75) is 27.0 Å². The summed E-state index contributed by atoms with van der Waals surface area (Å²) in [5.74, 6) is 0.854. The first kappa shape index (κ1) is 13.9. The molecule has 2 aromatic rings. The molecule has 0 saturated carbocycles. The van der Waals surface area contributed by atoms with Gasteiger partial charge in [-0.1, -0.05) is 0 Å². The molecule has 19 heavy (non-hydrogen) atoms. The summed E-state index contributed by atoms with van der Waals surface area (Å²) in [7, 11) is 1.90. The number of anilines is 1. The number of hydrogen-bond acceptors (Lipinski definition) is 3. The predicted molar refractivity (Wildman–Crippen MR) is 80.7 cm³/mol. The van der Waals surface area contributed by atoms with Crippen molar-refractivity contribution >= 4 is 21.6 Å². The lowest BCUT2D eigenvalue weighted by molar-refractivity contribution is 0.291. The molecular weight excluding hydrogens is 306 g/mol. The topological polar surface area (TPSA) is 39.1 Å². The van der Waals surface area contributed by atoms with E-state index in [1.165, 1.54) is 0 Å². The van der Waals surface area contributed by atoms with Crippen LogP contribution in [0.5, 0.6) is 5.75 Å². The molecule has 0 aliphatic carbocycles. The second-order valence-electron chi connectivity index (χ2n) is 4.22. The molecule has 0 aliphatic rings. The van der Waals surface area contributed by atoms with Gasteiger partial charge in [-0.15, -0.1) is 0 Å². The maximum Gasteiger partial charge on any atom is 0.131 e. The van der Waals surface area contributed by atoms with Gasteiger partial charge in [-0.05, 0) is 54.0 Å². The Balaban J connectivity index is 2.09. The first-order valence-corrected chi connectivity index (χ1v) is 7.07. The zero-order valence-electron chi connectivity index (χ0n) is 11.4. The Bertz CT molecular complexity index is 549. The van der Waals surface area contributed by atoms with Gasteiger partial charge in [-0.25, -0.2) is 0 Å². The summed E-state index contributed by atoms with van der Waals surface area (Å²) < 4.78 is 8.80. The van der Waals surface area contributed by atoms with Crippen LogP contribution in [0.1, 0.15) is 18.3 Å². The Labute approximate surface area is 121 Å². The summed E-state index contributed by atoms with van der Waals surface area (Å²) in [6, 6.07) is 7.90. The summed E-state index contributed by atoms with van der Waals surface area (Å²) in [6.07, 6.45) is 0. The summed E-state index contributed by atoms with van der Waals surface area (Å²) in [5.41, 5.74) is 3.13. The Morgan fingerprint density at radius 3 is 2.58 bits per heavy atom. The molecule has 0 spiro atoms. The van der Waals surface area contributed by atoms with E-state index in [-0.39, 0.29) is 0 Å². The Morgan fingerprint density at radius 2 is 2.00 bits per heavy atom. The van der Waals surface area contributed by atoms with Gasteiger partial charge in [0.2, 0.25) is 0 Å². The van der Waals surface area contributed by atoms with Gasteiger partial charge in [0.1, 0.15) is 12.4 Å². The molecule has 1 aromatic carbocycles. The number of halogens is 1. The maximum absolute atomic E-state index is 5.81. The van der Waals surface area contributed by atoms with Gasteiger partial charge in [0.15, 0.2) is 0 Å². The normalized spacial score (nSPS) is 10.5. The quantitative estimate of drug-likeness (QED) is 0.913. The van der Waals surface area contributed by atoms with Crippen LogP contribution in [0.15, 0.2) is 28.7 Å². The van der Waals surface area contributed by atoms with E-state index in [0.29, 0.717) is 6.61 Å². The minimum atomic E-state index is 0.508. The number of hydrogen-bond donors (Lipinski definition) is 1. The monoisotopic (exact) mass is 323 g/mol. The molecule has 1 aromatic heterocycles. The van der Waals surface area contributed by atoms with Crippen LogP contribution < -0.4 is 10.1 Å². The minimum Gasteiger partial charge on any atom is -0.487 e. The van der Waals surface area contributed by atoms with Gasteiger partial charge in [-0.3, -0.25) is 4.68 Å². The zero-order valence-corrected chi connectivity index (χ0v) is 13.0. The first-order valence-electron chi connectivity index (χ1n) is 6.28. The van der Waals surface area contributed by atoms with Crippen LogP contribution in [0.25, 0.3) is 0 Å². The summed E-state index contributed by atoms with van der Waals surface area (Å²) >= 11 is 3.56. The van der Waals surface area contributed by atoms with Crippen molar-refractivity contribution in [3.8, 4) is 5.75 Å². The van der Waals surface area contributed by atoms with Crippen LogP contribution in [-0.2, 0) is 13.2 Å². The van der Waals surface area contributed by atoms with Gasteiger partial charge >= 0.3 is 0 Å². The first-order chi connectivity index (χ1) is 9.15. The highest BCUT2D eigenvalue weighted by Gasteiger charge is 2.12. The van der Waals surface area contributed by atoms with Crippen LogP contribution in [0.2, 0.25) is 0 Å². The molecule has 2 rings (SSSR count). The van der Waals surface area contributed by atoms with Gasteiger partial charge in [0.25, 0.3) is 0 Å². The molecule has 4 nitrogen and oxygen atoms in total. The molecule has 0 fully saturated rings. The largest absolute Gasteiger partial charge is 0.487 e. The molecule has 1 heterocycles. The number of aryl methyl sites for hydroxylation is 2. The smallest absolute Gasteiger partial charge is 0.131 e. The highest BCUT2D eigenvalue weighted by Crippen LogP contribution is 2.23. The van der Waals surface area contributed by atoms with E-state index in [9.17, 15) is 0 Å². The van der Waals surface area contributed by atoms with Crippen molar-refractivity contribution in [3.05, 3.63) is 40.1 Å². The van der Waals surface area contributed by atoms with Crippen molar-refractivity contribution in [2.75, 3.05) is 12.4 Å². The van der Waals surface area contributed by atoms with Crippen LogP contribution in [0.4, 0.5) is 5.69 Å². The van der Waals surface area contributed by atoms with Crippen LogP contribution >= 0.6 is 15.9 Å². The number of nitrogens with one attached hydrogen (secondary N) is 1. The average Bonchev–Trinajstić information content (AvgIpc) is 2.72. The summed E-state index contributed by atoms with van der Waals surface area (Å²) in [5, 5.41) is 7.53. The fraction of sp³-hybridized carbons (Fsp3) is 0.357. The highest BCUT2D eigenvalue weighted by atomic mass is 79.9. The third kappa shape index (κ3) is 3.10. The SMILES string of the molecule is CCn1nc(C)c(Br)c1COc1ccc(NC)cc1. The van der Waals surface area contributed by atoms with Crippen LogP contribution in [0.3, 0.4) is 0 Å². The van der Waals surface area contributed by atoms with E-state index in [2.05, 4.69) is 33.3 Å². The van der Waals surface area contributed by atoms with Gasteiger partial charge in [0.05, 0.1) is 15.9 Å². The van der Waals surface area contributed by atoms with E-state index < -0.39 is 0 Å². The zero-order chi connectivity index (χ0) is 13.8. The fourth-order valence-electron chi connectivity index (χ4n) is 1.88. The molecule has 1 N–H and O–H groups in total. The molecule has 5 heteroatoms. The Kier molecular flexibility index (Phi) is 4.47. The van der Waals surface area contributed by atoms with E-state index in [4.69, 9.17) is 4.74 Å². The molecule has 0 atom stereocenters. The standard InChI is InChI=1S/C14H18BrN3O/c1-4-18-13(14(15)10(2)17-18)9-19-12-7-5-11(16-3)6-8-12/h5-8,16H,4,9H2,1-3H3. The second kappa shape index (κ2) is 6.10. The lowest BCUT2D eigenvalue weighted by Crippen LogP contribution is -2.06. The number of aromatic nitrogens is 2. The molecule has 0 bridgehead atoms. The Hall–Kier alpha value is -1.49. The number of benzene rings is 1. The number of ether oxygens (including phenoxy) is 1. The third-order valence-corrected chi connectivity index (χ3v) is 4.00. The lowest BCUT2D eigenvalue weighted by Gasteiger charge is -2.09. The van der Waals surface area contributed by atoms with E-state index in [0.717, 1.165) is 33.8 Å². The lowest BCUT2D eigenvalue weighted by atomic mass is 10.3. The molecule has 0 amide bonds. The molecular formula is C14H18BrN3O. The highest BCUT2D eigenvalue weighted by molar-refractivity contribution is 9.10. The van der Waals surface area contributed by atoms with E-state index in [1.54, 1.807) is 0 Å². The van der Waals surface area contributed by atoms with Crippen molar-refractivity contribution in [1.82, 2.24) is 9.78 Å². The summed E-state index contributed by atoms with van der Waals surface area (Å²) in [4.78, 5) is 0. The average molecular weight is 324 g/mol. The second-order valence-corrected chi connectivity index (χ2v) is 5.02. The number of nitrogens with zero attached hydrogens (tertiary/aromatic N) is 2. The molecule has 0 saturated heterocycles. The molecule has 0 unspecified atom stereocenters. The molecule has 0 aliphatic heterocycles. The number of rotatable bonds is 5. The van der Waals surface area contributed by atoms with Gasteiger partial charge < -0.3 is 10.1 Å². The molecule has 102 valence electrons. The fourth-order valence-corrected chi connectivity index (χ4v) is 2.27. The van der Waals surface area contributed by atoms with Crippen molar-refractivity contribution < 1.29 is 4.74 Å². The van der Waals surface area contributed by atoms with Crippen LogP contribution in [0, 0.1) is 6.92 Å². The predicted octanol–water partition coefficient (Wildman–Crippen LogP) is 3.59. The third-order valence-electron chi connectivity index (χ3n) is 2.97. The van der Waals surface area contributed by atoms with Crippen molar-refractivity contribution in [3.63, 3.8) is 0 Å². The molecule has 0 radical (unpaired) electrons. The van der Waals surface area contributed by atoms with Gasteiger partial charge in [0, 0.05) is 19.3 Å². The van der Waals surface area contributed by atoms with E-state index in [1.807, 2.05) is 42.9 Å². The maximum atomic E-state index is 5.81. The Morgan fingerprint density at radius 1 is 1.32 bits per heavy atom. The minimum absolute atomic E-state index is 0.508.